The molecule has 1 rings (SSSR count). The number of aliphatic hydroxyl groups excluding tert-OH is 1. The molecule has 1 amide bonds. The second-order valence-corrected chi connectivity index (χ2v) is 9.49. The van der Waals surface area contributed by atoms with E-state index in [1.165, 1.54) is 7.11 Å². The van der Waals surface area contributed by atoms with Crippen LogP contribution in [0.4, 0.5) is 0 Å². The minimum Gasteiger partial charge on any atom is -0.467 e. The summed E-state index contributed by atoms with van der Waals surface area (Å²) in [5.74, 6) is 0.121. The zero-order valence-electron chi connectivity index (χ0n) is 20.6. The standard InChI is InChI=1S/C26H45NO5/c1-5-6-9-12-21(28)17-15-20-16-18-23(29)22(20)13-10-7-8-11-14-24(30)27-25(19(2)3)26(31)32-4/h15,17,19-22,25,28H,5-14,16,18H2,1-4H3,(H,27,30)/b17-15+/t20-,21-,22+,25?/m0/s1. The first-order valence-corrected chi connectivity index (χ1v) is 12.6. The van der Waals surface area contributed by atoms with E-state index in [1.807, 2.05) is 19.9 Å². The Kier molecular flexibility index (Phi) is 14.2. The van der Waals surface area contributed by atoms with Crippen molar-refractivity contribution in [1.29, 1.82) is 0 Å². The third kappa shape index (κ3) is 10.8. The zero-order chi connectivity index (χ0) is 23.9. The number of carbonyl (C=O) groups is 3. The summed E-state index contributed by atoms with van der Waals surface area (Å²) in [6.07, 6.45) is 14.1. The van der Waals surface area contributed by atoms with Crippen LogP contribution in [0.3, 0.4) is 0 Å². The first-order chi connectivity index (χ1) is 15.3. The molecule has 1 aliphatic carbocycles. The number of methoxy groups -OCH3 is 1. The van der Waals surface area contributed by atoms with Crippen molar-refractivity contribution in [3.05, 3.63) is 12.2 Å². The van der Waals surface area contributed by atoms with Crippen molar-refractivity contribution in [2.75, 3.05) is 7.11 Å². The second-order valence-electron chi connectivity index (χ2n) is 9.49. The Balaban J connectivity index is 2.28. The van der Waals surface area contributed by atoms with E-state index in [4.69, 9.17) is 4.74 Å². The number of carbonyl (C=O) groups excluding carboxylic acids is 3. The van der Waals surface area contributed by atoms with Crippen molar-refractivity contribution in [2.24, 2.45) is 17.8 Å². The molecule has 0 heterocycles. The van der Waals surface area contributed by atoms with Gasteiger partial charge in [0.05, 0.1) is 13.2 Å². The maximum Gasteiger partial charge on any atom is 0.328 e. The van der Waals surface area contributed by atoms with Gasteiger partial charge in [0.25, 0.3) is 0 Å². The minimum atomic E-state index is -0.601. The molecule has 0 bridgehead atoms. The summed E-state index contributed by atoms with van der Waals surface area (Å²) >= 11 is 0. The fourth-order valence-electron chi connectivity index (χ4n) is 4.38. The molecular formula is C26H45NO5. The molecule has 6 nitrogen and oxygen atoms in total. The predicted molar refractivity (Wildman–Crippen MR) is 127 cm³/mol. The van der Waals surface area contributed by atoms with Crippen LogP contribution in [-0.2, 0) is 19.1 Å². The summed E-state index contributed by atoms with van der Waals surface area (Å²) in [6.45, 7) is 5.91. The average molecular weight is 452 g/mol. The maximum absolute atomic E-state index is 12.3. The first kappa shape index (κ1) is 28.3. The normalized spacial score (nSPS) is 20.6. The highest BCUT2D eigenvalue weighted by atomic mass is 16.5. The number of ether oxygens (including phenoxy) is 1. The Morgan fingerprint density at radius 2 is 1.88 bits per heavy atom. The third-order valence-electron chi connectivity index (χ3n) is 6.45. The SMILES string of the molecule is CCCCC[C@H](O)/C=C/[C@H]1CCC(=O)[C@@H]1CCCCCCC(=O)NC(C(=O)OC)C(C)C. The van der Waals surface area contributed by atoms with Gasteiger partial charge >= 0.3 is 5.97 Å². The molecule has 0 aromatic heterocycles. The molecule has 0 aliphatic heterocycles. The zero-order valence-corrected chi connectivity index (χ0v) is 20.6. The van der Waals surface area contributed by atoms with E-state index >= 15 is 0 Å². The lowest BCUT2D eigenvalue weighted by molar-refractivity contribution is -0.146. The Morgan fingerprint density at radius 1 is 1.16 bits per heavy atom. The van der Waals surface area contributed by atoms with Crippen LogP contribution in [0.15, 0.2) is 12.2 Å². The third-order valence-corrected chi connectivity index (χ3v) is 6.45. The molecule has 1 fully saturated rings. The van der Waals surface area contributed by atoms with E-state index in [0.717, 1.165) is 64.2 Å². The van der Waals surface area contributed by atoms with Gasteiger partial charge in [0, 0.05) is 18.8 Å². The number of amides is 1. The smallest absolute Gasteiger partial charge is 0.328 e. The van der Waals surface area contributed by atoms with E-state index in [2.05, 4.69) is 18.3 Å². The molecule has 1 unspecified atom stereocenters. The number of ketones is 1. The molecule has 0 aromatic rings. The van der Waals surface area contributed by atoms with Crippen molar-refractivity contribution in [1.82, 2.24) is 5.32 Å². The number of Topliss-reactive ketones (excluding diaryl/α,β-unsaturated/α-hetero) is 1. The van der Waals surface area contributed by atoms with Gasteiger partial charge in [-0.25, -0.2) is 4.79 Å². The van der Waals surface area contributed by atoms with Gasteiger partial charge < -0.3 is 15.2 Å². The number of nitrogens with one attached hydrogen (secondary N) is 1. The highest BCUT2D eigenvalue weighted by Gasteiger charge is 2.32. The van der Waals surface area contributed by atoms with Crippen molar-refractivity contribution in [3.8, 4) is 0 Å². The predicted octanol–water partition coefficient (Wildman–Crippen LogP) is 4.73. The van der Waals surface area contributed by atoms with Crippen LogP contribution in [0.5, 0.6) is 0 Å². The Bertz CT molecular complexity index is 601. The summed E-state index contributed by atoms with van der Waals surface area (Å²) < 4.78 is 4.75. The molecule has 184 valence electrons. The number of hydrogen-bond donors (Lipinski definition) is 2. The van der Waals surface area contributed by atoms with Gasteiger partial charge in [-0.3, -0.25) is 9.59 Å². The fourth-order valence-corrected chi connectivity index (χ4v) is 4.38. The molecule has 2 N–H and O–H groups in total. The number of rotatable bonds is 16. The van der Waals surface area contributed by atoms with Crippen LogP contribution in [-0.4, -0.2) is 42.0 Å². The minimum absolute atomic E-state index is 0.0187. The topological polar surface area (TPSA) is 92.7 Å². The van der Waals surface area contributed by atoms with Gasteiger partial charge in [-0.2, -0.15) is 0 Å². The van der Waals surface area contributed by atoms with Crippen LogP contribution in [0.25, 0.3) is 0 Å². The Hall–Kier alpha value is -1.69. The highest BCUT2D eigenvalue weighted by Crippen LogP contribution is 2.34. The number of allylic oxidation sites excluding steroid dienone is 1. The van der Waals surface area contributed by atoms with Crippen LogP contribution in [0.1, 0.15) is 97.8 Å². The van der Waals surface area contributed by atoms with E-state index in [9.17, 15) is 19.5 Å². The Labute approximate surface area is 194 Å². The van der Waals surface area contributed by atoms with E-state index in [1.54, 1.807) is 0 Å². The molecular weight excluding hydrogens is 406 g/mol. The number of esters is 1. The lowest BCUT2D eigenvalue weighted by Gasteiger charge is -2.19. The molecule has 4 atom stereocenters. The van der Waals surface area contributed by atoms with Gasteiger partial charge in [0.1, 0.15) is 11.8 Å². The fraction of sp³-hybridized carbons (Fsp3) is 0.808. The van der Waals surface area contributed by atoms with Gasteiger partial charge in [0.15, 0.2) is 0 Å². The summed E-state index contributed by atoms with van der Waals surface area (Å²) in [5.41, 5.74) is 0. The number of aliphatic hydroxyl groups is 1. The van der Waals surface area contributed by atoms with Gasteiger partial charge in [0.2, 0.25) is 5.91 Å². The highest BCUT2D eigenvalue weighted by molar-refractivity contribution is 5.84. The quantitative estimate of drug-likeness (QED) is 0.201. The molecule has 0 aromatic carbocycles. The monoisotopic (exact) mass is 451 g/mol. The van der Waals surface area contributed by atoms with Gasteiger partial charge in [-0.05, 0) is 37.5 Å². The molecule has 0 radical (unpaired) electrons. The van der Waals surface area contributed by atoms with Crippen molar-refractivity contribution < 1.29 is 24.2 Å². The largest absolute Gasteiger partial charge is 0.467 e. The first-order valence-electron chi connectivity index (χ1n) is 12.6. The van der Waals surface area contributed by atoms with E-state index < -0.39 is 18.1 Å². The molecule has 6 heteroatoms. The second kappa shape index (κ2) is 16.0. The van der Waals surface area contributed by atoms with Crippen LogP contribution >= 0.6 is 0 Å². The lowest BCUT2D eigenvalue weighted by atomic mass is 9.89. The van der Waals surface area contributed by atoms with Crippen LogP contribution in [0, 0.1) is 17.8 Å². The molecule has 0 saturated heterocycles. The summed E-state index contributed by atoms with van der Waals surface area (Å²) in [7, 11) is 1.33. The number of unbranched alkanes of at least 4 members (excludes halogenated alkanes) is 5. The molecule has 1 saturated carbocycles. The van der Waals surface area contributed by atoms with Crippen molar-refractivity contribution in [3.63, 3.8) is 0 Å². The van der Waals surface area contributed by atoms with E-state index in [0.29, 0.717) is 18.6 Å². The van der Waals surface area contributed by atoms with Gasteiger partial charge in [-0.1, -0.05) is 71.4 Å². The van der Waals surface area contributed by atoms with Crippen molar-refractivity contribution in [2.45, 2.75) is 110 Å². The van der Waals surface area contributed by atoms with Crippen LogP contribution in [0.2, 0.25) is 0 Å². The maximum atomic E-state index is 12.3. The molecule has 1 aliphatic rings. The molecule has 0 spiro atoms. The van der Waals surface area contributed by atoms with Crippen molar-refractivity contribution >= 4 is 17.7 Å². The lowest BCUT2D eigenvalue weighted by Crippen LogP contribution is -2.44. The van der Waals surface area contributed by atoms with Crippen LogP contribution < -0.4 is 5.32 Å². The summed E-state index contributed by atoms with van der Waals surface area (Å²) in [6, 6.07) is -0.601. The van der Waals surface area contributed by atoms with E-state index in [-0.39, 0.29) is 23.7 Å². The van der Waals surface area contributed by atoms with Gasteiger partial charge in [-0.15, -0.1) is 0 Å². The Morgan fingerprint density at radius 3 is 2.53 bits per heavy atom. The molecule has 32 heavy (non-hydrogen) atoms. The summed E-state index contributed by atoms with van der Waals surface area (Å²) in [5, 5.41) is 12.9. The number of hydrogen-bond acceptors (Lipinski definition) is 5. The average Bonchev–Trinajstić information content (AvgIpc) is 3.11. The summed E-state index contributed by atoms with van der Waals surface area (Å²) in [4.78, 5) is 36.2.